The van der Waals surface area contributed by atoms with Gasteiger partial charge in [0.15, 0.2) is 5.15 Å². The first-order valence-electron chi connectivity index (χ1n) is 11.0. The third-order valence-electron chi connectivity index (χ3n) is 5.74. The van der Waals surface area contributed by atoms with Gasteiger partial charge in [0.05, 0.1) is 11.2 Å². The molecular weight excluding hydrogens is 422 g/mol. The van der Waals surface area contributed by atoms with Gasteiger partial charge in [0.2, 0.25) is 5.95 Å². The van der Waals surface area contributed by atoms with Crippen molar-refractivity contribution in [2.24, 2.45) is 0 Å². The van der Waals surface area contributed by atoms with Crippen molar-refractivity contribution in [3.8, 4) is 11.3 Å². The predicted octanol–water partition coefficient (Wildman–Crippen LogP) is 4.71. The molecule has 4 aromatic rings. The summed E-state index contributed by atoms with van der Waals surface area (Å²) in [4.78, 5) is 15.9. The molecule has 3 aromatic heterocycles. The van der Waals surface area contributed by atoms with E-state index in [0.29, 0.717) is 11.1 Å². The van der Waals surface area contributed by atoms with Crippen molar-refractivity contribution < 1.29 is 0 Å². The maximum absolute atomic E-state index is 6.42. The molecule has 164 valence electrons. The van der Waals surface area contributed by atoms with Gasteiger partial charge in [-0.1, -0.05) is 18.5 Å². The minimum absolute atomic E-state index is 0.513. The van der Waals surface area contributed by atoms with E-state index < -0.39 is 0 Å². The summed E-state index contributed by atoms with van der Waals surface area (Å²) < 4.78 is 2.16. The van der Waals surface area contributed by atoms with Gasteiger partial charge < -0.3 is 20.1 Å². The number of fused-ring (bicyclic) bond motifs is 1. The normalized spacial score (nSPS) is 14.1. The Morgan fingerprint density at radius 3 is 2.59 bits per heavy atom. The van der Waals surface area contributed by atoms with Crippen LogP contribution in [0.2, 0.25) is 5.15 Å². The lowest BCUT2D eigenvalue weighted by molar-refractivity contribution is 0.589. The van der Waals surface area contributed by atoms with E-state index in [2.05, 4.69) is 67.5 Å². The first-order chi connectivity index (χ1) is 15.7. The van der Waals surface area contributed by atoms with Crippen molar-refractivity contribution in [2.75, 3.05) is 36.4 Å². The molecule has 1 aliphatic heterocycles. The molecule has 1 fully saturated rings. The molecule has 1 aromatic carbocycles. The summed E-state index contributed by atoms with van der Waals surface area (Å²) in [6.45, 7) is 7.13. The van der Waals surface area contributed by atoms with Crippen molar-refractivity contribution >= 4 is 39.8 Å². The summed E-state index contributed by atoms with van der Waals surface area (Å²) in [6.07, 6.45) is 6.64. The second kappa shape index (κ2) is 9.14. The molecule has 0 spiro atoms. The average molecular weight is 448 g/mol. The molecule has 5 rings (SSSR count). The van der Waals surface area contributed by atoms with Gasteiger partial charge in [-0.25, -0.2) is 15.0 Å². The Hall–Kier alpha value is -3.16. The molecular formula is C24H26ClN7. The zero-order chi connectivity index (χ0) is 21.9. The molecule has 8 heteroatoms. The van der Waals surface area contributed by atoms with Crippen LogP contribution in [-0.4, -0.2) is 45.7 Å². The van der Waals surface area contributed by atoms with Crippen LogP contribution in [0, 0.1) is 0 Å². The standard InChI is InChI=1S/C24H26ClN7/c1-2-13-32-16-20(19-7-9-27-23(25)22(19)32)21-8-10-28-24(30-21)29-17-3-5-18(6-4-17)31-14-11-26-12-15-31/h3-10,16,26H,2,11-15H2,1H3,(H,28,29,30). The van der Waals surface area contributed by atoms with Crippen LogP contribution in [0.5, 0.6) is 0 Å². The molecule has 0 saturated carbocycles. The van der Waals surface area contributed by atoms with E-state index in [9.17, 15) is 0 Å². The predicted molar refractivity (Wildman–Crippen MR) is 131 cm³/mol. The lowest BCUT2D eigenvalue weighted by Crippen LogP contribution is -2.43. The van der Waals surface area contributed by atoms with Crippen LogP contribution in [-0.2, 0) is 6.54 Å². The third-order valence-corrected chi connectivity index (χ3v) is 6.02. The van der Waals surface area contributed by atoms with E-state index in [1.807, 2.05) is 12.1 Å². The quantitative estimate of drug-likeness (QED) is 0.417. The number of rotatable bonds is 6. The van der Waals surface area contributed by atoms with E-state index in [1.54, 1.807) is 12.4 Å². The fourth-order valence-corrected chi connectivity index (χ4v) is 4.47. The molecule has 0 amide bonds. The number of piperazine rings is 1. The van der Waals surface area contributed by atoms with E-state index in [-0.39, 0.29) is 0 Å². The summed E-state index contributed by atoms with van der Waals surface area (Å²) in [5.41, 5.74) is 5.02. The maximum Gasteiger partial charge on any atom is 0.227 e. The zero-order valence-corrected chi connectivity index (χ0v) is 18.8. The summed E-state index contributed by atoms with van der Waals surface area (Å²) >= 11 is 6.42. The Morgan fingerprint density at radius 2 is 1.81 bits per heavy atom. The van der Waals surface area contributed by atoms with Gasteiger partial charge in [-0.05, 0) is 42.8 Å². The number of benzene rings is 1. The Kier molecular flexibility index (Phi) is 5.92. The van der Waals surface area contributed by atoms with Gasteiger partial charge in [0.1, 0.15) is 0 Å². The van der Waals surface area contributed by atoms with Crippen LogP contribution in [0.15, 0.2) is 55.0 Å². The second-order valence-corrected chi connectivity index (χ2v) is 8.27. The number of pyridine rings is 1. The number of aromatic nitrogens is 4. The van der Waals surface area contributed by atoms with E-state index >= 15 is 0 Å². The zero-order valence-electron chi connectivity index (χ0n) is 18.1. The first kappa shape index (κ1) is 20.7. The van der Waals surface area contributed by atoms with Gasteiger partial charge >= 0.3 is 0 Å². The van der Waals surface area contributed by atoms with Crippen molar-refractivity contribution in [2.45, 2.75) is 19.9 Å². The summed E-state index contributed by atoms with van der Waals surface area (Å²) in [5, 5.41) is 8.28. The maximum atomic E-state index is 6.42. The third kappa shape index (κ3) is 4.13. The smallest absolute Gasteiger partial charge is 0.227 e. The Morgan fingerprint density at radius 1 is 1.03 bits per heavy atom. The molecule has 0 radical (unpaired) electrons. The van der Waals surface area contributed by atoms with Gasteiger partial charge in [0, 0.05) is 73.6 Å². The van der Waals surface area contributed by atoms with Crippen LogP contribution in [0.3, 0.4) is 0 Å². The number of aryl methyl sites for hydroxylation is 1. The van der Waals surface area contributed by atoms with Gasteiger partial charge in [-0.2, -0.15) is 0 Å². The monoisotopic (exact) mass is 447 g/mol. The average Bonchev–Trinajstić information content (AvgIpc) is 3.20. The SMILES string of the molecule is CCCn1cc(-c2ccnc(Nc3ccc(N4CCNCC4)cc3)n2)c2ccnc(Cl)c21. The van der Waals surface area contributed by atoms with Crippen molar-refractivity contribution in [1.29, 1.82) is 0 Å². The Labute approximate surface area is 192 Å². The molecule has 0 atom stereocenters. The number of hydrogen-bond acceptors (Lipinski definition) is 6. The number of hydrogen-bond donors (Lipinski definition) is 2. The fraction of sp³-hybridized carbons (Fsp3) is 0.292. The molecule has 0 unspecified atom stereocenters. The van der Waals surface area contributed by atoms with Crippen molar-refractivity contribution in [3.63, 3.8) is 0 Å². The van der Waals surface area contributed by atoms with Gasteiger partial charge in [-0.15, -0.1) is 0 Å². The van der Waals surface area contributed by atoms with Gasteiger partial charge in [0.25, 0.3) is 0 Å². The number of halogens is 1. The molecule has 1 aliphatic rings. The first-order valence-corrected chi connectivity index (χ1v) is 11.4. The van der Waals surface area contributed by atoms with Crippen molar-refractivity contribution in [3.05, 3.63) is 60.1 Å². The highest BCUT2D eigenvalue weighted by Crippen LogP contribution is 2.33. The van der Waals surface area contributed by atoms with Crippen molar-refractivity contribution in [1.82, 2.24) is 24.8 Å². The molecule has 2 N–H and O–H groups in total. The molecule has 0 bridgehead atoms. The van der Waals surface area contributed by atoms with Crippen LogP contribution in [0.25, 0.3) is 22.2 Å². The highest BCUT2D eigenvalue weighted by atomic mass is 35.5. The van der Waals surface area contributed by atoms with E-state index in [0.717, 1.165) is 67.0 Å². The molecule has 1 saturated heterocycles. The molecule has 4 heterocycles. The van der Waals surface area contributed by atoms with Crippen LogP contribution in [0.4, 0.5) is 17.3 Å². The summed E-state index contributed by atoms with van der Waals surface area (Å²) in [5.74, 6) is 0.564. The summed E-state index contributed by atoms with van der Waals surface area (Å²) in [6, 6.07) is 12.4. The number of nitrogens with zero attached hydrogens (tertiary/aromatic N) is 5. The fourth-order valence-electron chi connectivity index (χ4n) is 4.21. The number of nitrogens with one attached hydrogen (secondary N) is 2. The lowest BCUT2D eigenvalue weighted by Gasteiger charge is -2.29. The Balaban J connectivity index is 1.41. The second-order valence-electron chi connectivity index (χ2n) is 7.91. The van der Waals surface area contributed by atoms with Crippen LogP contribution in [0.1, 0.15) is 13.3 Å². The number of anilines is 3. The van der Waals surface area contributed by atoms with E-state index in [4.69, 9.17) is 16.6 Å². The highest BCUT2D eigenvalue weighted by Gasteiger charge is 2.15. The van der Waals surface area contributed by atoms with Crippen LogP contribution >= 0.6 is 11.6 Å². The van der Waals surface area contributed by atoms with Crippen LogP contribution < -0.4 is 15.5 Å². The molecule has 32 heavy (non-hydrogen) atoms. The molecule has 0 aliphatic carbocycles. The largest absolute Gasteiger partial charge is 0.369 e. The lowest BCUT2D eigenvalue weighted by atomic mass is 10.1. The minimum Gasteiger partial charge on any atom is -0.369 e. The minimum atomic E-state index is 0.513. The molecule has 7 nitrogen and oxygen atoms in total. The van der Waals surface area contributed by atoms with Gasteiger partial charge in [-0.3, -0.25) is 0 Å². The topological polar surface area (TPSA) is 70.9 Å². The Bertz CT molecular complexity index is 1210. The summed E-state index contributed by atoms with van der Waals surface area (Å²) in [7, 11) is 0. The van der Waals surface area contributed by atoms with E-state index in [1.165, 1.54) is 5.69 Å². The highest BCUT2D eigenvalue weighted by molar-refractivity contribution is 6.34.